The van der Waals surface area contributed by atoms with Crippen molar-refractivity contribution in [3.8, 4) is 0 Å². The van der Waals surface area contributed by atoms with Gasteiger partial charge in [0.1, 0.15) is 5.82 Å². The molecule has 0 aliphatic heterocycles. The minimum absolute atomic E-state index is 0.174. The Bertz CT molecular complexity index is 779. The second-order valence-electron chi connectivity index (χ2n) is 4.76. The number of carbonyl (C=O) groups excluding carboxylic acids is 1. The van der Waals surface area contributed by atoms with Crippen LogP contribution in [0.25, 0.3) is 6.08 Å². The summed E-state index contributed by atoms with van der Waals surface area (Å²) in [6, 6.07) is 7.94. The smallest absolute Gasteiger partial charge is 0.190 e. The summed E-state index contributed by atoms with van der Waals surface area (Å²) in [5.41, 5.74) is 2.07. The van der Waals surface area contributed by atoms with E-state index in [4.69, 9.17) is 23.2 Å². The van der Waals surface area contributed by atoms with Crippen molar-refractivity contribution < 1.29 is 9.18 Å². The number of carbonyl (C=O) groups is 1. The molecule has 106 valence electrons. The molecule has 5 heteroatoms. The molecule has 0 unspecified atom stereocenters. The highest BCUT2D eigenvalue weighted by atomic mass is 79.9. The van der Waals surface area contributed by atoms with Gasteiger partial charge < -0.3 is 0 Å². The van der Waals surface area contributed by atoms with Crippen LogP contribution in [0.15, 0.2) is 40.4 Å². The van der Waals surface area contributed by atoms with Crippen molar-refractivity contribution in [3.05, 3.63) is 72.9 Å². The standard InChI is InChI=1S/C16H8BrCl2FO/c17-13-1-2-14(20)12-6-9(16(21)15(12)13)3-8-4-10(18)7-11(19)5-8/h1-5,7H,6H2/b9-3+. The van der Waals surface area contributed by atoms with Crippen molar-refractivity contribution in [2.75, 3.05) is 0 Å². The van der Waals surface area contributed by atoms with E-state index >= 15 is 0 Å². The molecule has 0 fully saturated rings. The lowest BCUT2D eigenvalue weighted by atomic mass is 10.1. The molecule has 0 spiro atoms. The first kappa shape index (κ1) is 14.8. The van der Waals surface area contributed by atoms with Crippen LogP contribution >= 0.6 is 39.1 Å². The van der Waals surface area contributed by atoms with Gasteiger partial charge in [-0.2, -0.15) is 0 Å². The Kier molecular flexibility index (Phi) is 3.91. The maximum Gasteiger partial charge on any atom is 0.190 e. The first-order chi connectivity index (χ1) is 9.95. The van der Waals surface area contributed by atoms with Crippen molar-refractivity contribution in [2.24, 2.45) is 0 Å². The molecule has 3 rings (SSSR count). The van der Waals surface area contributed by atoms with Crippen molar-refractivity contribution in [3.63, 3.8) is 0 Å². The van der Waals surface area contributed by atoms with Gasteiger partial charge in [0.15, 0.2) is 5.78 Å². The number of ketones is 1. The molecule has 0 saturated carbocycles. The monoisotopic (exact) mass is 384 g/mol. The molecular weight excluding hydrogens is 378 g/mol. The highest BCUT2D eigenvalue weighted by Crippen LogP contribution is 2.35. The lowest BCUT2D eigenvalue weighted by Gasteiger charge is -2.00. The van der Waals surface area contributed by atoms with Crippen LogP contribution in [0.2, 0.25) is 10.0 Å². The van der Waals surface area contributed by atoms with Gasteiger partial charge >= 0.3 is 0 Å². The van der Waals surface area contributed by atoms with Gasteiger partial charge in [-0.25, -0.2) is 4.39 Å². The van der Waals surface area contributed by atoms with Gasteiger partial charge in [-0.1, -0.05) is 39.1 Å². The Balaban J connectivity index is 2.07. The van der Waals surface area contributed by atoms with Gasteiger partial charge in [0.05, 0.1) is 0 Å². The fraction of sp³-hybridized carbons (Fsp3) is 0.0625. The summed E-state index contributed by atoms with van der Waals surface area (Å²) in [4.78, 5) is 12.4. The van der Waals surface area contributed by atoms with Gasteiger partial charge in [0, 0.05) is 37.6 Å². The highest BCUT2D eigenvalue weighted by molar-refractivity contribution is 9.10. The molecule has 21 heavy (non-hydrogen) atoms. The minimum atomic E-state index is -0.367. The van der Waals surface area contributed by atoms with Crippen molar-refractivity contribution in [1.29, 1.82) is 0 Å². The van der Waals surface area contributed by atoms with E-state index in [1.807, 2.05) is 0 Å². The van der Waals surface area contributed by atoms with E-state index in [1.165, 1.54) is 6.07 Å². The third-order valence-electron chi connectivity index (χ3n) is 3.32. The normalized spacial score (nSPS) is 15.6. The number of hydrogen-bond donors (Lipinski definition) is 0. The molecule has 0 radical (unpaired) electrons. The zero-order valence-electron chi connectivity index (χ0n) is 10.6. The van der Waals surface area contributed by atoms with Gasteiger partial charge in [0.2, 0.25) is 0 Å². The van der Waals surface area contributed by atoms with E-state index < -0.39 is 0 Å². The molecule has 0 amide bonds. The maximum atomic E-state index is 13.8. The number of allylic oxidation sites excluding steroid dienone is 1. The van der Waals surface area contributed by atoms with Crippen LogP contribution in [-0.4, -0.2) is 5.78 Å². The van der Waals surface area contributed by atoms with Gasteiger partial charge in [-0.05, 0) is 42.0 Å². The predicted molar refractivity (Wildman–Crippen MR) is 86.6 cm³/mol. The fourth-order valence-electron chi connectivity index (χ4n) is 2.42. The van der Waals surface area contributed by atoms with Crippen LogP contribution in [0, 0.1) is 5.82 Å². The zero-order valence-corrected chi connectivity index (χ0v) is 13.7. The summed E-state index contributed by atoms with van der Waals surface area (Å²) in [5.74, 6) is -0.540. The van der Waals surface area contributed by atoms with Gasteiger partial charge in [-0.3, -0.25) is 4.79 Å². The number of rotatable bonds is 1. The Labute approximate surface area is 139 Å². The van der Waals surface area contributed by atoms with Crippen molar-refractivity contribution in [2.45, 2.75) is 6.42 Å². The number of halogens is 4. The Morgan fingerprint density at radius 2 is 1.81 bits per heavy atom. The van der Waals surface area contributed by atoms with E-state index in [0.29, 0.717) is 31.2 Å². The Hall–Kier alpha value is -1.16. The summed E-state index contributed by atoms with van der Waals surface area (Å²) >= 11 is 15.2. The average molecular weight is 386 g/mol. The molecule has 1 aliphatic carbocycles. The first-order valence-electron chi connectivity index (χ1n) is 6.14. The first-order valence-corrected chi connectivity index (χ1v) is 7.69. The fourth-order valence-corrected chi connectivity index (χ4v) is 3.51. The molecule has 0 N–H and O–H groups in total. The van der Waals surface area contributed by atoms with Crippen LogP contribution < -0.4 is 0 Å². The summed E-state index contributed by atoms with van der Waals surface area (Å²) < 4.78 is 14.4. The molecule has 1 aliphatic rings. The number of fused-ring (bicyclic) bond motifs is 1. The van der Waals surface area contributed by atoms with Crippen LogP contribution in [0.3, 0.4) is 0 Å². The molecule has 1 nitrogen and oxygen atoms in total. The second-order valence-corrected chi connectivity index (χ2v) is 6.49. The average Bonchev–Trinajstić information content (AvgIpc) is 2.72. The lowest BCUT2D eigenvalue weighted by Crippen LogP contribution is -1.97. The van der Waals surface area contributed by atoms with Crippen LogP contribution in [0.1, 0.15) is 21.5 Å². The SMILES string of the molecule is O=C1/C(=C/c2cc(Cl)cc(Cl)c2)Cc2c(F)ccc(Br)c21. The summed E-state index contributed by atoms with van der Waals surface area (Å²) in [7, 11) is 0. The van der Waals surface area contributed by atoms with E-state index in [9.17, 15) is 9.18 Å². The van der Waals surface area contributed by atoms with Crippen molar-refractivity contribution in [1.82, 2.24) is 0 Å². The third-order valence-corrected chi connectivity index (χ3v) is 4.41. The zero-order chi connectivity index (χ0) is 15.1. The number of hydrogen-bond acceptors (Lipinski definition) is 1. The second kappa shape index (κ2) is 5.56. The topological polar surface area (TPSA) is 17.1 Å². The van der Waals surface area contributed by atoms with E-state index in [2.05, 4.69) is 15.9 Å². The molecule has 0 heterocycles. The largest absolute Gasteiger partial charge is 0.289 e. The van der Waals surface area contributed by atoms with E-state index in [1.54, 1.807) is 30.3 Å². The van der Waals surface area contributed by atoms with Crippen molar-refractivity contribution >= 4 is 51.0 Å². The summed E-state index contributed by atoms with van der Waals surface area (Å²) in [5, 5.41) is 0.981. The predicted octanol–water partition coefficient (Wildman–Crippen LogP) is 5.72. The molecule has 0 atom stereocenters. The van der Waals surface area contributed by atoms with E-state index in [-0.39, 0.29) is 18.0 Å². The van der Waals surface area contributed by atoms with E-state index in [0.717, 1.165) is 5.56 Å². The molecule has 0 aromatic heterocycles. The summed E-state index contributed by atoms with van der Waals surface area (Å²) in [6.07, 6.45) is 1.97. The van der Waals surface area contributed by atoms with Gasteiger partial charge in [-0.15, -0.1) is 0 Å². The number of benzene rings is 2. The highest BCUT2D eigenvalue weighted by Gasteiger charge is 2.29. The Morgan fingerprint density at radius 3 is 2.43 bits per heavy atom. The minimum Gasteiger partial charge on any atom is -0.289 e. The van der Waals surface area contributed by atoms with Crippen LogP contribution in [-0.2, 0) is 6.42 Å². The Morgan fingerprint density at radius 1 is 1.14 bits per heavy atom. The summed E-state index contributed by atoms with van der Waals surface area (Å²) in [6.45, 7) is 0. The third kappa shape index (κ3) is 2.78. The molecular formula is C16H8BrCl2FO. The van der Waals surface area contributed by atoms with Crippen LogP contribution in [0.5, 0.6) is 0 Å². The molecule has 0 saturated heterocycles. The van der Waals surface area contributed by atoms with Gasteiger partial charge in [0.25, 0.3) is 0 Å². The quantitative estimate of drug-likeness (QED) is 0.574. The molecule has 0 bridgehead atoms. The lowest BCUT2D eigenvalue weighted by molar-refractivity contribution is 0.104. The van der Waals surface area contributed by atoms with Crippen LogP contribution in [0.4, 0.5) is 4.39 Å². The maximum absolute atomic E-state index is 13.8. The molecule has 2 aromatic carbocycles. The molecule has 2 aromatic rings. The number of Topliss-reactive ketones (excluding diaryl/α,β-unsaturated/α-hetero) is 1.